The van der Waals surface area contributed by atoms with Crippen LogP contribution in [0, 0.1) is 20.8 Å². The minimum absolute atomic E-state index is 0.123. The Morgan fingerprint density at radius 1 is 0.967 bits per heavy atom. The number of phenols is 3. The number of hydrogen-bond acceptors (Lipinski definition) is 6. The van der Waals surface area contributed by atoms with Crippen LogP contribution in [-0.2, 0) is 24.9 Å². The molecule has 0 radical (unpaired) electrons. The molecule has 3 aromatic rings. The van der Waals surface area contributed by atoms with Crippen LogP contribution in [0.3, 0.4) is 0 Å². The van der Waals surface area contributed by atoms with Gasteiger partial charge < -0.3 is 24.6 Å². The first-order chi connectivity index (χ1) is 14.2. The van der Waals surface area contributed by atoms with E-state index in [4.69, 9.17) is 9.26 Å². The third-order valence-electron chi connectivity index (χ3n) is 6.31. The number of rotatable bonds is 4. The van der Waals surface area contributed by atoms with E-state index in [2.05, 4.69) is 5.16 Å². The summed E-state index contributed by atoms with van der Waals surface area (Å²) >= 11 is 0. The van der Waals surface area contributed by atoms with Crippen LogP contribution in [0.5, 0.6) is 23.0 Å². The highest BCUT2D eigenvalue weighted by molar-refractivity contribution is 5.58. The standard InChI is InChI=1S/C24H27NO5/c1-13-14(2)23-18(15(3)22(13)28)9-10-24(4,29-23)21-12-17(25-30-21)7-5-16-6-8-19(26)20(27)11-16/h6,8,11-12,26-28H,5,7,9-10H2,1-4H3. The summed E-state index contributed by atoms with van der Waals surface area (Å²) in [4.78, 5) is 0. The molecule has 2 heterocycles. The van der Waals surface area contributed by atoms with Gasteiger partial charge in [-0.15, -0.1) is 0 Å². The number of aryl methyl sites for hydroxylation is 2. The van der Waals surface area contributed by atoms with Crippen LogP contribution in [0.4, 0.5) is 0 Å². The lowest BCUT2D eigenvalue weighted by Gasteiger charge is -2.36. The molecule has 2 aromatic carbocycles. The Hall–Kier alpha value is -3.15. The zero-order chi connectivity index (χ0) is 21.6. The number of ether oxygens (including phenoxy) is 1. The van der Waals surface area contributed by atoms with Gasteiger partial charge in [0.25, 0.3) is 0 Å². The first kappa shape index (κ1) is 20.1. The van der Waals surface area contributed by atoms with Crippen molar-refractivity contribution in [2.45, 2.75) is 59.0 Å². The van der Waals surface area contributed by atoms with Crippen LogP contribution < -0.4 is 4.74 Å². The monoisotopic (exact) mass is 409 g/mol. The number of aromatic hydroxyl groups is 3. The predicted octanol–water partition coefficient (Wildman–Crippen LogP) is 4.74. The number of fused-ring (bicyclic) bond motifs is 1. The second kappa shape index (κ2) is 7.27. The van der Waals surface area contributed by atoms with Gasteiger partial charge in [0, 0.05) is 11.6 Å². The van der Waals surface area contributed by atoms with Gasteiger partial charge >= 0.3 is 0 Å². The van der Waals surface area contributed by atoms with E-state index in [9.17, 15) is 15.3 Å². The van der Waals surface area contributed by atoms with Gasteiger partial charge in [0.2, 0.25) is 0 Å². The van der Waals surface area contributed by atoms with Crippen molar-refractivity contribution in [3.63, 3.8) is 0 Å². The van der Waals surface area contributed by atoms with Gasteiger partial charge in [-0.3, -0.25) is 0 Å². The summed E-state index contributed by atoms with van der Waals surface area (Å²) in [5, 5.41) is 33.7. The molecule has 6 heteroatoms. The quantitative estimate of drug-likeness (QED) is 0.539. The van der Waals surface area contributed by atoms with Crippen LogP contribution in [0.25, 0.3) is 0 Å². The molecular weight excluding hydrogens is 382 g/mol. The maximum absolute atomic E-state index is 10.4. The summed E-state index contributed by atoms with van der Waals surface area (Å²) in [6, 6.07) is 6.75. The molecule has 0 amide bonds. The molecule has 0 saturated carbocycles. The highest BCUT2D eigenvalue weighted by Crippen LogP contribution is 2.46. The molecule has 0 saturated heterocycles. The summed E-state index contributed by atoms with van der Waals surface area (Å²) in [6.07, 6.45) is 2.82. The number of hydrogen-bond donors (Lipinski definition) is 3. The Kier molecular flexibility index (Phi) is 4.88. The predicted molar refractivity (Wildman–Crippen MR) is 112 cm³/mol. The van der Waals surface area contributed by atoms with Crippen molar-refractivity contribution in [1.29, 1.82) is 0 Å². The highest BCUT2D eigenvalue weighted by Gasteiger charge is 2.39. The van der Waals surface area contributed by atoms with Crippen molar-refractivity contribution in [3.8, 4) is 23.0 Å². The van der Waals surface area contributed by atoms with E-state index >= 15 is 0 Å². The van der Waals surface area contributed by atoms with Gasteiger partial charge in [-0.1, -0.05) is 11.2 Å². The molecule has 0 spiro atoms. The second-order valence-corrected chi connectivity index (χ2v) is 8.37. The number of benzene rings is 2. The van der Waals surface area contributed by atoms with Gasteiger partial charge in [0.15, 0.2) is 22.9 Å². The third kappa shape index (κ3) is 3.36. The van der Waals surface area contributed by atoms with E-state index in [0.29, 0.717) is 24.4 Å². The molecule has 1 aliphatic rings. The van der Waals surface area contributed by atoms with Crippen molar-refractivity contribution in [2.75, 3.05) is 0 Å². The summed E-state index contributed by atoms with van der Waals surface area (Å²) < 4.78 is 12.1. The molecule has 1 unspecified atom stereocenters. The van der Waals surface area contributed by atoms with Gasteiger partial charge in [0.05, 0.1) is 5.69 Å². The SMILES string of the molecule is Cc1c(C)c2c(c(C)c1O)CCC(C)(c1cc(CCc3ccc(O)c(O)c3)no1)O2. The normalized spacial score (nSPS) is 18.1. The molecule has 1 aromatic heterocycles. The molecule has 158 valence electrons. The number of nitrogens with zero attached hydrogens (tertiary/aromatic N) is 1. The molecule has 1 aliphatic heterocycles. The van der Waals surface area contributed by atoms with Crippen molar-refractivity contribution < 1.29 is 24.6 Å². The minimum Gasteiger partial charge on any atom is -0.507 e. The van der Waals surface area contributed by atoms with E-state index in [0.717, 1.165) is 52.1 Å². The Morgan fingerprint density at radius 3 is 2.47 bits per heavy atom. The average Bonchev–Trinajstić information content (AvgIpc) is 3.21. The molecule has 3 N–H and O–H groups in total. The minimum atomic E-state index is -0.629. The van der Waals surface area contributed by atoms with E-state index in [1.807, 2.05) is 33.8 Å². The van der Waals surface area contributed by atoms with Crippen molar-refractivity contribution in [2.24, 2.45) is 0 Å². The van der Waals surface area contributed by atoms with Gasteiger partial charge in [-0.25, -0.2) is 0 Å². The zero-order valence-corrected chi connectivity index (χ0v) is 17.7. The highest BCUT2D eigenvalue weighted by atomic mass is 16.5. The van der Waals surface area contributed by atoms with Crippen LogP contribution in [-0.4, -0.2) is 20.5 Å². The van der Waals surface area contributed by atoms with E-state index in [1.165, 1.54) is 6.07 Å². The Labute approximate surface area is 175 Å². The average molecular weight is 409 g/mol. The van der Waals surface area contributed by atoms with Crippen LogP contribution in [0.15, 0.2) is 28.8 Å². The Bertz CT molecular complexity index is 1120. The van der Waals surface area contributed by atoms with Crippen LogP contribution >= 0.6 is 0 Å². The molecule has 0 fully saturated rings. The summed E-state index contributed by atoms with van der Waals surface area (Å²) in [5.41, 5.74) is 4.81. The van der Waals surface area contributed by atoms with E-state index < -0.39 is 5.60 Å². The fourth-order valence-corrected chi connectivity index (χ4v) is 4.10. The fourth-order valence-electron chi connectivity index (χ4n) is 4.10. The smallest absolute Gasteiger partial charge is 0.180 e. The maximum atomic E-state index is 10.4. The summed E-state index contributed by atoms with van der Waals surface area (Å²) in [5.74, 6) is 1.61. The van der Waals surface area contributed by atoms with E-state index in [1.54, 1.807) is 12.1 Å². The summed E-state index contributed by atoms with van der Waals surface area (Å²) in [7, 11) is 0. The molecular formula is C24H27NO5. The molecule has 4 rings (SSSR count). The lowest BCUT2D eigenvalue weighted by Crippen LogP contribution is -2.34. The number of phenolic OH excluding ortho intramolecular Hbond substituents is 3. The van der Waals surface area contributed by atoms with Crippen molar-refractivity contribution in [1.82, 2.24) is 5.16 Å². The third-order valence-corrected chi connectivity index (χ3v) is 6.31. The molecule has 0 aliphatic carbocycles. The fraction of sp³-hybridized carbons (Fsp3) is 0.375. The van der Waals surface area contributed by atoms with E-state index in [-0.39, 0.29) is 11.5 Å². The van der Waals surface area contributed by atoms with Crippen molar-refractivity contribution >= 4 is 0 Å². The van der Waals surface area contributed by atoms with Crippen molar-refractivity contribution in [3.05, 3.63) is 63.5 Å². The zero-order valence-electron chi connectivity index (χ0n) is 17.7. The molecule has 1 atom stereocenters. The van der Waals surface area contributed by atoms with Gasteiger partial charge in [-0.2, -0.15) is 0 Å². The lowest BCUT2D eigenvalue weighted by molar-refractivity contribution is 0.0330. The maximum Gasteiger partial charge on any atom is 0.180 e. The van der Waals surface area contributed by atoms with Gasteiger partial charge in [-0.05, 0) is 87.8 Å². The second-order valence-electron chi connectivity index (χ2n) is 8.37. The first-order valence-electron chi connectivity index (χ1n) is 10.2. The summed E-state index contributed by atoms with van der Waals surface area (Å²) in [6.45, 7) is 7.81. The first-order valence-corrected chi connectivity index (χ1v) is 10.2. The van der Waals surface area contributed by atoms with Crippen LogP contribution in [0.2, 0.25) is 0 Å². The molecule has 30 heavy (non-hydrogen) atoms. The Balaban J connectivity index is 1.54. The molecule has 6 nitrogen and oxygen atoms in total. The topological polar surface area (TPSA) is 96.0 Å². The largest absolute Gasteiger partial charge is 0.507 e. The molecule has 0 bridgehead atoms. The Morgan fingerprint density at radius 2 is 1.73 bits per heavy atom. The van der Waals surface area contributed by atoms with Gasteiger partial charge in [0.1, 0.15) is 11.5 Å². The van der Waals surface area contributed by atoms with Crippen LogP contribution in [0.1, 0.15) is 52.6 Å². The lowest BCUT2D eigenvalue weighted by atomic mass is 9.86. The number of aromatic nitrogens is 1.